The SMILES string of the molecule is O=Cc1ccc(-c2ccccc2)cc1O.ON=Cc1ccc(-c2ccccc2)cc1O. The number of hydrogen-bond donors (Lipinski definition) is 3. The maximum atomic E-state index is 10.5. The van der Waals surface area contributed by atoms with Crippen molar-refractivity contribution in [1.29, 1.82) is 0 Å². The summed E-state index contributed by atoms with van der Waals surface area (Å²) in [5.41, 5.74) is 4.68. The first kappa shape index (κ1) is 21.3. The first-order valence-corrected chi connectivity index (χ1v) is 9.52. The highest BCUT2D eigenvalue weighted by Crippen LogP contribution is 2.26. The Bertz CT molecular complexity index is 1170. The highest BCUT2D eigenvalue weighted by molar-refractivity contribution is 5.84. The molecule has 4 aromatic rings. The molecular weight excluding hydrogens is 390 g/mol. The largest absolute Gasteiger partial charge is 0.507 e. The van der Waals surface area contributed by atoms with Gasteiger partial charge < -0.3 is 15.4 Å². The summed E-state index contributed by atoms with van der Waals surface area (Å²) in [5, 5.41) is 30.5. The summed E-state index contributed by atoms with van der Waals surface area (Å²) in [4.78, 5) is 10.5. The summed E-state index contributed by atoms with van der Waals surface area (Å²) in [6, 6.07) is 29.7. The minimum Gasteiger partial charge on any atom is -0.507 e. The van der Waals surface area contributed by atoms with Crippen molar-refractivity contribution in [2.24, 2.45) is 5.16 Å². The van der Waals surface area contributed by atoms with Crippen LogP contribution in [0.3, 0.4) is 0 Å². The standard InChI is InChI=1S/C13H11NO2.C13H10O2/c15-13-8-11(6-7-12(13)9-14-16)10-4-2-1-3-5-10;14-9-12-7-6-11(8-13(12)15)10-4-2-1-3-5-10/h1-9,15-16H;1-9,15H. The molecule has 0 aliphatic rings. The summed E-state index contributed by atoms with van der Waals surface area (Å²) in [7, 11) is 0. The van der Waals surface area contributed by atoms with Gasteiger partial charge in [0.05, 0.1) is 11.8 Å². The zero-order chi connectivity index (χ0) is 22.1. The van der Waals surface area contributed by atoms with Gasteiger partial charge in [0.15, 0.2) is 6.29 Å². The Hall–Kier alpha value is -4.38. The molecule has 0 spiro atoms. The van der Waals surface area contributed by atoms with Crippen LogP contribution in [0.15, 0.2) is 102 Å². The number of oxime groups is 1. The highest BCUT2D eigenvalue weighted by Gasteiger charge is 2.03. The Balaban J connectivity index is 0.000000176. The summed E-state index contributed by atoms with van der Waals surface area (Å²) in [5.74, 6) is 0.116. The van der Waals surface area contributed by atoms with Gasteiger partial charge in [0.1, 0.15) is 11.5 Å². The fourth-order valence-electron chi connectivity index (χ4n) is 2.98. The van der Waals surface area contributed by atoms with E-state index in [2.05, 4.69) is 5.16 Å². The zero-order valence-electron chi connectivity index (χ0n) is 16.6. The molecule has 0 radical (unpaired) electrons. The zero-order valence-corrected chi connectivity index (χ0v) is 16.6. The molecule has 0 unspecified atom stereocenters. The van der Waals surface area contributed by atoms with Crippen molar-refractivity contribution in [3.63, 3.8) is 0 Å². The van der Waals surface area contributed by atoms with Crippen molar-refractivity contribution in [2.75, 3.05) is 0 Å². The fraction of sp³-hybridized carbons (Fsp3) is 0. The molecule has 154 valence electrons. The summed E-state index contributed by atoms with van der Waals surface area (Å²) >= 11 is 0. The average molecular weight is 411 g/mol. The van der Waals surface area contributed by atoms with Gasteiger partial charge in [-0.15, -0.1) is 0 Å². The minimum atomic E-state index is 0.0198. The number of carbonyl (C=O) groups excluding carboxylic acids is 1. The van der Waals surface area contributed by atoms with E-state index < -0.39 is 0 Å². The van der Waals surface area contributed by atoms with Crippen LogP contribution in [-0.2, 0) is 0 Å². The molecule has 0 aliphatic heterocycles. The Morgan fingerprint density at radius 3 is 1.42 bits per heavy atom. The summed E-state index contributed by atoms with van der Waals surface area (Å²) in [6.45, 7) is 0. The first-order chi connectivity index (χ1) is 15.1. The molecule has 0 amide bonds. The Morgan fingerprint density at radius 1 is 0.581 bits per heavy atom. The smallest absolute Gasteiger partial charge is 0.153 e. The number of aldehydes is 1. The van der Waals surface area contributed by atoms with Crippen LogP contribution in [0.2, 0.25) is 0 Å². The van der Waals surface area contributed by atoms with E-state index in [4.69, 9.17) is 5.21 Å². The van der Waals surface area contributed by atoms with Gasteiger partial charge in [-0.3, -0.25) is 4.79 Å². The molecule has 5 heteroatoms. The van der Waals surface area contributed by atoms with E-state index >= 15 is 0 Å². The van der Waals surface area contributed by atoms with E-state index in [9.17, 15) is 15.0 Å². The van der Waals surface area contributed by atoms with Crippen molar-refractivity contribution in [3.8, 4) is 33.8 Å². The lowest BCUT2D eigenvalue weighted by Gasteiger charge is -2.03. The quantitative estimate of drug-likeness (QED) is 0.173. The van der Waals surface area contributed by atoms with Crippen molar-refractivity contribution in [2.45, 2.75) is 0 Å². The lowest BCUT2D eigenvalue weighted by atomic mass is 10.0. The predicted octanol–water partition coefficient (Wildman–Crippen LogP) is 5.74. The number of nitrogens with zero attached hydrogens (tertiary/aromatic N) is 1. The minimum absolute atomic E-state index is 0.0198. The van der Waals surface area contributed by atoms with E-state index in [1.807, 2.05) is 72.8 Å². The molecule has 5 nitrogen and oxygen atoms in total. The monoisotopic (exact) mass is 411 g/mol. The molecule has 0 saturated heterocycles. The van der Waals surface area contributed by atoms with Gasteiger partial charge in [-0.05, 0) is 46.5 Å². The number of benzene rings is 4. The molecule has 4 rings (SSSR count). The topological polar surface area (TPSA) is 90.1 Å². The van der Waals surface area contributed by atoms with Gasteiger partial charge in [-0.2, -0.15) is 0 Å². The van der Waals surface area contributed by atoms with Gasteiger partial charge in [0, 0.05) is 5.56 Å². The van der Waals surface area contributed by atoms with Gasteiger partial charge in [0.25, 0.3) is 0 Å². The van der Waals surface area contributed by atoms with Crippen LogP contribution in [0.5, 0.6) is 11.5 Å². The number of aromatic hydroxyl groups is 2. The van der Waals surface area contributed by atoms with E-state index in [0.717, 1.165) is 22.3 Å². The van der Waals surface area contributed by atoms with Crippen molar-refractivity contribution >= 4 is 12.5 Å². The third-order valence-corrected chi connectivity index (χ3v) is 4.60. The van der Waals surface area contributed by atoms with Crippen LogP contribution in [0.1, 0.15) is 15.9 Å². The molecule has 0 fully saturated rings. The van der Waals surface area contributed by atoms with Crippen molar-refractivity contribution < 1.29 is 20.2 Å². The van der Waals surface area contributed by atoms with E-state index in [1.165, 1.54) is 6.21 Å². The second kappa shape index (κ2) is 10.4. The predicted molar refractivity (Wildman–Crippen MR) is 122 cm³/mol. The lowest BCUT2D eigenvalue weighted by Crippen LogP contribution is -1.84. The number of rotatable bonds is 4. The van der Waals surface area contributed by atoms with E-state index in [-0.39, 0.29) is 11.5 Å². The third kappa shape index (κ3) is 5.58. The fourth-order valence-corrected chi connectivity index (χ4v) is 2.98. The van der Waals surface area contributed by atoms with Crippen LogP contribution in [0, 0.1) is 0 Å². The summed E-state index contributed by atoms with van der Waals surface area (Å²) < 4.78 is 0. The molecule has 0 aromatic heterocycles. The highest BCUT2D eigenvalue weighted by atomic mass is 16.4. The second-order valence-corrected chi connectivity index (χ2v) is 6.64. The number of hydrogen-bond acceptors (Lipinski definition) is 5. The number of carbonyl (C=O) groups is 1. The molecule has 0 aliphatic carbocycles. The summed E-state index contributed by atoms with van der Waals surface area (Å²) in [6.07, 6.45) is 1.84. The number of phenolic OH excluding ortho intramolecular Hbond substituents is 2. The first-order valence-electron chi connectivity index (χ1n) is 9.52. The molecule has 31 heavy (non-hydrogen) atoms. The number of phenols is 2. The maximum absolute atomic E-state index is 10.5. The van der Waals surface area contributed by atoms with Crippen molar-refractivity contribution in [3.05, 3.63) is 108 Å². The van der Waals surface area contributed by atoms with Crippen LogP contribution in [-0.4, -0.2) is 27.9 Å². The average Bonchev–Trinajstić information content (AvgIpc) is 2.82. The Kier molecular flexibility index (Phi) is 7.16. The normalized spacial score (nSPS) is 10.3. The Labute approximate surface area is 180 Å². The van der Waals surface area contributed by atoms with Crippen LogP contribution in [0.25, 0.3) is 22.3 Å². The molecular formula is C26H21NO4. The van der Waals surface area contributed by atoms with E-state index in [0.29, 0.717) is 17.4 Å². The van der Waals surface area contributed by atoms with Crippen LogP contribution < -0.4 is 0 Å². The van der Waals surface area contributed by atoms with Crippen molar-refractivity contribution in [1.82, 2.24) is 0 Å². The van der Waals surface area contributed by atoms with Gasteiger partial charge in [-0.1, -0.05) is 78.0 Å². The lowest BCUT2D eigenvalue weighted by molar-refractivity contribution is 0.112. The molecule has 0 bridgehead atoms. The molecule has 0 saturated carbocycles. The van der Waals surface area contributed by atoms with Gasteiger partial charge in [-0.25, -0.2) is 0 Å². The molecule has 0 heterocycles. The second-order valence-electron chi connectivity index (χ2n) is 6.64. The van der Waals surface area contributed by atoms with E-state index in [1.54, 1.807) is 24.3 Å². The molecule has 4 aromatic carbocycles. The molecule has 3 N–H and O–H groups in total. The van der Waals surface area contributed by atoms with Gasteiger partial charge >= 0.3 is 0 Å². The Morgan fingerprint density at radius 2 is 1.03 bits per heavy atom. The molecule has 0 atom stereocenters. The van der Waals surface area contributed by atoms with Gasteiger partial charge in [0.2, 0.25) is 0 Å². The van der Waals surface area contributed by atoms with Crippen LogP contribution >= 0.6 is 0 Å². The third-order valence-electron chi connectivity index (χ3n) is 4.60. The maximum Gasteiger partial charge on any atom is 0.153 e. The van der Waals surface area contributed by atoms with Crippen LogP contribution in [0.4, 0.5) is 0 Å².